The van der Waals surface area contributed by atoms with Crippen LogP contribution in [0.3, 0.4) is 0 Å². The van der Waals surface area contributed by atoms with Crippen molar-refractivity contribution in [3.8, 4) is 11.3 Å². The summed E-state index contributed by atoms with van der Waals surface area (Å²) in [6, 6.07) is 13.9. The van der Waals surface area contributed by atoms with Crippen LogP contribution in [0.15, 0.2) is 61.1 Å². The molecule has 1 saturated heterocycles. The summed E-state index contributed by atoms with van der Waals surface area (Å²) < 4.78 is 13.2. The Morgan fingerprint density at radius 3 is 2.41 bits per heavy atom. The molecule has 4 rings (SSSR count). The topological polar surface area (TPSA) is 49.2 Å². The molecular formula is C23H23ClFN3O. The van der Waals surface area contributed by atoms with Crippen molar-refractivity contribution in [1.82, 2.24) is 14.9 Å². The van der Waals surface area contributed by atoms with E-state index in [1.807, 2.05) is 30.5 Å². The predicted octanol–water partition coefficient (Wildman–Crippen LogP) is 4.46. The number of aliphatic hydroxyl groups is 1. The number of hydrogen-bond donors (Lipinski definition) is 1. The number of nitrogens with zero attached hydrogens (tertiary/aromatic N) is 3. The average molecular weight is 412 g/mol. The Balaban J connectivity index is 1.39. The summed E-state index contributed by atoms with van der Waals surface area (Å²) in [6.45, 7) is 2.50. The fourth-order valence-electron chi connectivity index (χ4n) is 3.88. The maximum absolute atomic E-state index is 13.2. The van der Waals surface area contributed by atoms with Crippen LogP contribution in [0.25, 0.3) is 11.3 Å². The Morgan fingerprint density at radius 1 is 1.03 bits per heavy atom. The van der Waals surface area contributed by atoms with Gasteiger partial charge in [-0.1, -0.05) is 23.7 Å². The minimum Gasteiger partial charge on any atom is -0.385 e. The van der Waals surface area contributed by atoms with Crippen molar-refractivity contribution in [2.75, 3.05) is 19.6 Å². The second-order valence-corrected chi connectivity index (χ2v) is 7.97. The Morgan fingerprint density at radius 2 is 1.72 bits per heavy atom. The van der Waals surface area contributed by atoms with Crippen LogP contribution in [0.4, 0.5) is 4.39 Å². The highest BCUT2D eigenvalue weighted by atomic mass is 35.5. The molecule has 6 heteroatoms. The van der Waals surface area contributed by atoms with Gasteiger partial charge in [0.25, 0.3) is 0 Å². The summed E-state index contributed by atoms with van der Waals surface area (Å²) in [6.07, 6.45) is 5.53. The molecule has 0 bridgehead atoms. The van der Waals surface area contributed by atoms with Gasteiger partial charge in [0, 0.05) is 36.4 Å². The summed E-state index contributed by atoms with van der Waals surface area (Å²) in [5.74, 6) is -0.258. The summed E-state index contributed by atoms with van der Waals surface area (Å²) in [7, 11) is 0. The largest absolute Gasteiger partial charge is 0.385 e. The molecule has 0 aliphatic carbocycles. The maximum Gasteiger partial charge on any atom is 0.123 e. The van der Waals surface area contributed by atoms with Gasteiger partial charge in [0.1, 0.15) is 12.1 Å². The van der Waals surface area contributed by atoms with E-state index in [0.29, 0.717) is 17.9 Å². The fourth-order valence-corrected chi connectivity index (χ4v) is 4.01. The fraction of sp³-hybridized carbons (Fsp3) is 0.304. The Labute approximate surface area is 175 Å². The number of benzene rings is 2. The molecule has 3 aromatic rings. The monoisotopic (exact) mass is 411 g/mol. The molecule has 1 N–H and O–H groups in total. The quantitative estimate of drug-likeness (QED) is 0.673. The standard InChI is InChI=1S/C23H23ClFN3O/c24-20-5-3-19(4-6-20)23(29)10-13-28(14-11-23)12-9-18-15-26-16-27-22(18)17-1-7-21(25)8-2-17/h1-8,15-16,29H,9-14H2. The van der Waals surface area contributed by atoms with Gasteiger partial charge in [-0.2, -0.15) is 0 Å². The van der Waals surface area contributed by atoms with E-state index < -0.39 is 5.60 Å². The van der Waals surface area contributed by atoms with Gasteiger partial charge in [0.2, 0.25) is 0 Å². The van der Waals surface area contributed by atoms with Crippen molar-refractivity contribution < 1.29 is 9.50 Å². The first-order chi connectivity index (χ1) is 14.0. The third kappa shape index (κ3) is 4.64. The van der Waals surface area contributed by atoms with Gasteiger partial charge in [-0.15, -0.1) is 0 Å². The molecule has 1 aliphatic heterocycles. The molecule has 1 fully saturated rings. The maximum atomic E-state index is 13.2. The van der Waals surface area contributed by atoms with E-state index in [4.69, 9.17) is 11.6 Å². The molecule has 0 amide bonds. The van der Waals surface area contributed by atoms with Crippen LogP contribution >= 0.6 is 11.6 Å². The van der Waals surface area contributed by atoms with E-state index >= 15 is 0 Å². The van der Waals surface area contributed by atoms with Gasteiger partial charge in [-0.05, 0) is 66.8 Å². The molecule has 150 valence electrons. The lowest BCUT2D eigenvalue weighted by molar-refractivity contribution is -0.0255. The highest BCUT2D eigenvalue weighted by Gasteiger charge is 2.33. The van der Waals surface area contributed by atoms with Gasteiger partial charge < -0.3 is 10.0 Å². The zero-order valence-corrected chi connectivity index (χ0v) is 16.8. The van der Waals surface area contributed by atoms with E-state index in [0.717, 1.165) is 48.4 Å². The molecular weight excluding hydrogens is 389 g/mol. The van der Waals surface area contributed by atoms with E-state index in [1.165, 1.54) is 18.5 Å². The van der Waals surface area contributed by atoms with Crippen molar-refractivity contribution in [1.29, 1.82) is 0 Å². The summed E-state index contributed by atoms with van der Waals surface area (Å²) in [5.41, 5.74) is 2.90. The number of likely N-dealkylation sites (tertiary alicyclic amines) is 1. The van der Waals surface area contributed by atoms with Crippen molar-refractivity contribution in [2.45, 2.75) is 24.9 Å². The van der Waals surface area contributed by atoms with E-state index in [9.17, 15) is 9.50 Å². The molecule has 29 heavy (non-hydrogen) atoms. The predicted molar refractivity (Wildman–Crippen MR) is 112 cm³/mol. The van der Waals surface area contributed by atoms with E-state index in [1.54, 1.807) is 12.1 Å². The molecule has 4 nitrogen and oxygen atoms in total. The molecule has 2 aromatic carbocycles. The van der Waals surface area contributed by atoms with Gasteiger partial charge >= 0.3 is 0 Å². The smallest absolute Gasteiger partial charge is 0.123 e. The van der Waals surface area contributed by atoms with Gasteiger partial charge in [-0.3, -0.25) is 0 Å². The molecule has 2 heterocycles. The summed E-state index contributed by atoms with van der Waals surface area (Å²) in [5, 5.41) is 11.7. The molecule has 0 atom stereocenters. The highest BCUT2D eigenvalue weighted by Crippen LogP contribution is 2.33. The second-order valence-electron chi connectivity index (χ2n) is 7.53. The van der Waals surface area contributed by atoms with Crippen molar-refractivity contribution in [2.24, 2.45) is 0 Å². The third-order valence-electron chi connectivity index (χ3n) is 5.67. The normalized spacial score (nSPS) is 16.7. The Hall–Kier alpha value is -2.34. The SMILES string of the molecule is OC1(c2ccc(Cl)cc2)CCN(CCc2cncnc2-c2ccc(F)cc2)CC1. The molecule has 0 spiro atoms. The average Bonchev–Trinajstić information content (AvgIpc) is 2.75. The van der Waals surface area contributed by atoms with Crippen molar-refractivity contribution in [3.63, 3.8) is 0 Å². The molecule has 1 aromatic heterocycles. The first-order valence-corrected chi connectivity index (χ1v) is 10.2. The van der Waals surface area contributed by atoms with Crippen molar-refractivity contribution in [3.05, 3.63) is 83.0 Å². The number of aromatic nitrogens is 2. The Kier molecular flexibility index (Phi) is 5.90. The molecule has 0 unspecified atom stereocenters. The van der Waals surface area contributed by atoms with Gasteiger partial charge in [0.15, 0.2) is 0 Å². The van der Waals surface area contributed by atoms with Crippen LogP contribution < -0.4 is 0 Å². The first kappa shape index (κ1) is 20.0. The summed E-state index contributed by atoms with van der Waals surface area (Å²) >= 11 is 5.96. The highest BCUT2D eigenvalue weighted by molar-refractivity contribution is 6.30. The lowest BCUT2D eigenvalue weighted by Crippen LogP contribution is -2.43. The molecule has 0 radical (unpaired) electrons. The molecule has 1 aliphatic rings. The summed E-state index contributed by atoms with van der Waals surface area (Å²) in [4.78, 5) is 10.9. The van der Waals surface area contributed by atoms with Crippen LogP contribution in [-0.4, -0.2) is 39.6 Å². The number of rotatable bonds is 5. The first-order valence-electron chi connectivity index (χ1n) is 9.79. The van der Waals surface area contributed by atoms with Crippen LogP contribution in [0.2, 0.25) is 5.02 Å². The number of hydrogen-bond acceptors (Lipinski definition) is 4. The molecule has 0 saturated carbocycles. The van der Waals surface area contributed by atoms with Crippen LogP contribution in [-0.2, 0) is 12.0 Å². The minimum atomic E-state index is -0.795. The van der Waals surface area contributed by atoms with E-state index in [-0.39, 0.29) is 5.82 Å². The van der Waals surface area contributed by atoms with Crippen LogP contribution in [0, 0.1) is 5.82 Å². The lowest BCUT2D eigenvalue weighted by Gasteiger charge is -2.38. The zero-order chi connectivity index (χ0) is 20.3. The van der Waals surface area contributed by atoms with Crippen LogP contribution in [0.1, 0.15) is 24.0 Å². The zero-order valence-electron chi connectivity index (χ0n) is 16.1. The number of halogens is 2. The van der Waals surface area contributed by atoms with Crippen molar-refractivity contribution >= 4 is 11.6 Å². The second kappa shape index (κ2) is 8.57. The third-order valence-corrected chi connectivity index (χ3v) is 5.92. The van der Waals surface area contributed by atoms with Gasteiger partial charge in [-0.25, -0.2) is 14.4 Å². The van der Waals surface area contributed by atoms with E-state index in [2.05, 4.69) is 14.9 Å². The van der Waals surface area contributed by atoms with Crippen LogP contribution in [0.5, 0.6) is 0 Å². The van der Waals surface area contributed by atoms with Gasteiger partial charge in [0.05, 0.1) is 11.3 Å². The minimum absolute atomic E-state index is 0.258. The number of piperidine rings is 1. The Bertz CT molecular complexity index is 955. The lowest BCUT2D eigenvalue weighted by atomic mass is 9.84.